The molecule has 1 aliphatic heterocycles. The van der Waals surface area contributed by atoms with E-state index >= 15 is 0 Å². The number of benzene rings is 1. The molecule has 5 heteroatoms. The third kappa shape index (κ3) is 2.97. The van der Waals surface area contributed by atoms with E-state index in [9.17, 15) is 4.79 Å². The summed E-state index contributed by atoms with van der Waals surface area (Å²) in [4.78, 5) is 14.2. The number of nitrogens with zero attached hydrogens (tertiary/aromatic N) is 1. The van der Waals surface area contributed by atoms with E-state index in [1.807, 2.05) is 24.0 Å². The Balaban J connectivity index is 0.00000162. The lowest BCUT2D eigenvalue weighted by atomic mass is 10.1. The maximum Gasteiger partial charge on any atom is 0.254 e. The number of rotatable bonds is 2. The van der Waals surface area contributed by atoms with E-state index in [1.54, 1.807) is 6.07 Å². The summed E-state index contributed by atoms with van der Waals surface area (Å²) in [7, 11) is 0. The number of hydrogen-bond acceptors (Lipinski definition) is 2. The van der Waals surface area contributed by atoms with Gasteiger partial charge in [-0.3, -0.25) is 4.79 Å². The Bertz CT molecular complexity index is 437. The van der Waals surface area contributed by atoms with Crippen LogP contribution in [-0.4, -0.2) is 30.4 Å². The predicted molar refractivity (Wildman–Crippen MR) is 76.5 cm³/mol. The molecule has 100 valence electrons. The molecule has 0 saturated carbocycles. The van der Waals surface area contributed by atoms with Crippen LogP contribution in [0.3, 0.4) is 0 Å². The van der Waals surface area contributed by atoms with Gasteiger partial charge in [-0.2, -0.15) is 0 Å². The van der Waals surface area contributed by atoms with Gasteiger partial charge in [0.05, 0.1) is 0 Å². The molecule has 1 saturated heterocycles. The van der Waals surface area contributed by atoms with Crippen LogP contribution in [0.5, 0.6) is 0 Å². The predicted octanol–water partition coefficient (Wildman–Crippen LogP) is 2.49. The van der Waals surface area contributed by atoms with E-state index in [0.717, 1.165) is 25.1 Å². The van der Waals surface area contributed by atoms with Gasteiger partial charge < -0.3 is 10.6 Å². The SMILES string of the molecule is Cc1c(Cl)cccc1C(=O)N1CCC(CN)C1.Cl. The third-order valence-electron chi connectivity index (χ3n) is 3.40. The van der Waals surface area contributed by atoms with Crippen molar-refractivity contribution in [2.75, 3.05) is 19.6 Å². The van der Waals surface area contributed by atoms with Crippen LogP contribution in [-0.2, 0) is 0 Å². The largest absolute Gasteiger partial charge is 0.338 e. The van der Waals surface area contributed by atoms with E-state index in [4.69, 9.17) is 17.3 Å². The lowest BCUT2D eigenvalue weighted by molar-refractivity contribution is 0.0787. The van der Waals surface area contributed by atoms with Crippen LogP contribution in [0.15, 0.2) is 18.2 Å². The Kier molecular flexibility index (Phi) is 5.45. The minimum absolute atomic E-state index is 0. The Morgan fingerprint density at radius 3 is 2.89 bits per heavy atom. The minimum Gasteiger partial charge on any atom is -0.338 e. The van der Waals surface area contributed by atoms with Crippen LogP contribution < -0.4 is 5.73 Å². The molecule has 0 aliphatic carbocycles. The number of halogens is 2. The highest BCUT2D eigenvalue weighted by molar-refractivity contribution is 6.31. The Labute approximate surface area is 119 Å². The van der Waals surface area contributed by atoms with Crippen molar-refractivity contribution in [1.82, 2.24) is 4.90 Å². The van der Waals surface area contributed by atoms with Crippen molar-refractivity contribution < 1.29 is 4.79 Å². The first-order valence-electron chi connectivity index (χ1n) is 5.88. The maximum absolute atomic E-state index is 12.3. The zero-order chi connectivity index (χ0) is 12.4. The molecule has 0 radical (unpaired) electrons. The first-order chi connectivity index (χ1) is 8.13. The van der Waals surface area contributed by atoms with Gasteiger partial charge in [-0.1, -0.05) is 17.7 Å². The first-order valence-corrected chi connectivity index (χ1v) is 6.25. The zero-order valence-electron chi connectivity index (χ0n) is 10.4. The second-order valence-corrected chi connectivity index (χ2v) is 4.96. The molecule has 1 amide bonds. The molecule has 1 atom stereocenters. The van der Waals surface area contributed by atoms with Crippen LogP contribution in [0.1, 0.15) is 22.3 Å². The standard InChI is InChI=1S/C13H17ClN2O.ClH/c1-9-11(3-2-4-12(9)14)13(17)16-6-5-10(7-15)8-16;/h2-4,10H,5-8,15H2,1H3;1H. The second kappa shape index (κ2) is 6.41. The highest BCUT2D eigenvalue weighted by atomic mass is 35.5. The number of carbonyl (C=O) groups is 1. The Morgan fingerprint density at radius 1 is 1.56 bits per heavy atom. The fourth-order valence-electron chi connectivity index (χ4n) is 2.22. The van der Waals surface area contributed by atoms with Gasteiger partial charge in [0.1, 0.15) is 0 Å². The van der Waals surface area contributed by atoms with Gasteiger partial charge in [0.2, 0.25) is 0 Å². The molecule has 3 nitrogen and oxygen atoms in total. The van der Waals surface area contributed by atoms with E-state index in [-0.39, 0.29) is 18.3 Å². The van der Waals surface area contributed by atoms with Crippen LogP contribution in [0, 0.1) is 12.8 Å². The molecular weight excluding hydrogens is 271 g/mol. The van der Waals surface area contributed by atoms with Crippen LogP contribution >= 0.6 is 24.0 Å². The molecule has 1 aliphatic rings. The molecule has 1 heterocycles. The maximum atomic E-state index is 12.3. The van der Waals surface area contributed by atoms with Crippen molar-refractivity contribution in [1.29, 1.82) is 0 Å². The van der Waals surface area contributed by atoms with E-state index in [1.165, 1.54) is 0 Å². The molecule has 18 heavy (non-hydrogen) atoms. The van der Waals surface area contributed by atoms with Crippen LogP contribution in [0.25, 0.3) is 0 Å². The molecule has 2 N–H and O–H groups in total. The summed E-state index contributed by atoms with van der Waals surface area (Å²) in [5.41, 5.74) is 7.19. The quantitative estimate of drug-likeness (QED) is 0.909. The van der Waals surface area contributed by atoms with Gasteiger partial charge in [-0.25, -0.2) is 0 Å². The average molecular weight is 289 g/mol. The zero-order valence-corrected chi connectivity index (χ0v) is 11.9. The summed E-state index contributed by atoms with van der Waals surface area (Å²) in [6.07, 6.45) is 1.00. The van der Waals surface area contributed by atoms with Crippen LogP contribution in [0.4, 0.5) is 0 Å². The molecular formula is C13H18Cl2N2O. The highest BCUT2D eigenvalue weighted by Crippen LogP contribution is 2.23. The lowest BCUT2D eigenvalue weighted by Crippen LogP contribution is -2.30. The lowest BCUT2D eigenvalue weighted by Gasteiger charge is -2.18. The summed E-state index contributed by atoms with van der Waals surface area (Å²) in [5, 5.41) is 0.644. The van der Waals surface area contributed by atoms with E-state index in [0.29, 0.717) is 23.0 Å². The molecule has 1 unspecified atom stereocenters. The molecule has 1 fully saturated rings. The van der Waals surface area contributed by atoms with Crippen molar-refractivity contribution in [3.63, 3.8) is 0 Å². The molecule has 1 aromatic carbocycles. The summed E-state index contributed by atoms with van der Waals surface area (Å²) in [5.74, 6) is 0.513. The fraction of sp³-hybridized carbons (Fsp3) is 0.462. The molecule has 0 aromatic heterocycles. The molecule has 1 aromatic rings. The minimum atomic E-state index is 0. The van der Waals surface area contributed by atoms with Crippen molar-refractivity contribution in [3.05, 3.63) is 34.3 Å². The van der Waals surface area contributed by atoms with Crippen molar-refractivity contribution >= 4 is 29.9 Å². The number of carbonyl (C=O) groups excluding carboxylic acids is 1. The first kappa shape index (κ1) is 15.3. The van der Waals surface area contributed by atoms with E-state index in [2.05, 4.69) is 0 Å². The number of hydrogen-bond donors (Lipinski definition) is 1. The number of nitrogens with two attached hydrogens (primary N) is 1. The summed E-state index contributed by atoms with van der Waals surface area (Å²) in [6.45, 7) is 4.10. The highest BCUT2D eigenvalue weighted by Gasteiger charge is 2.26. The molecule has 2 rings (SSSR count). The van der Waals surface area contributed by atoms with Crippen molar-refractivity contribution in [3.8, 4) is 0 Å². The Morgan fingerprint density at radius 2 is 2.28 bits per heavy atom. The molecule has 0 spiro atoms. The molecule has 0 bridgehead atoms. The van der Waals surface area contributed by atoms with Crippen molar-refractivity contribution in [2.24, 2.45) is 11.7 Å². The van der Waals surface area contributed by atoms with Crippen LogP contribution in [0.2, 0.25) is 5.02 Å². The number of amides is 1. The summed E-state index contributed by atoms with van der Waals surface area (Å²) in [6, 6.07) is 5.46. The average Bonchev–Trinajstić information content (AvgIpc) is 2.80. The summed E-state index contributed by atoms with van der Waals surface area (Å²) >= 11 is 6.03. The fourth-order valence-corrected chi connectivity index (χ4v) is 2.39. The summed E-state index contributed by atoms with van der Waals surface area (Å²) < 4.78 is 0. The third-order valence-corrected chi connectivity index (χ3v) is 3.81. The smallest absolute Gasteiger partial charge is 0.254 e. The second-order valence-electron chi connectivity index (χ2n) is 4.55. The van der Waals surface area contributed by atoms with E-state index < -0.39 is 0 Å². The van der Waals surface area contributed by atoms with Gasteiger partial charge in [-0.15, -0.1) is 12.4 Å². The normalized spacial score (nSPS) is 18.6. The van der Waals surface area contributed by atoms with Gasteiger partial charge >= 0.3 is 0 Å². The topological polar surface area (TPSA) is 46.3 Å². The number of likely N-dealkylation sites (tertiary alicyclic amines) is 1. The van der Waals surface area contributed by atoms with Gasteiger partial charge in [0, 0.05) is 23.7 Å². The van der Waals surface area contributed by atoms with Gasteiger partial charge in [0.25, 0.3) is 5.91 Å². The Hall–Kier alpha value is -0.770. The van der Waals surface area contributed by atoms with Gasteiger partial charge in [-0.05, 0) is 43.5 Å². The monoisotopic (exact) mass is 288 g/mol. The van der Waals surface area contributed by atoms with Crippen molar-refractivity contribution in [2.45, 2.75) is 13.3 Å². The van der Waals surface area contributed by atoms with Gasteiger partial charge in [0.15, 0.2) is 0 Å².